The first-order valence-electron chi connectivity index (χ1n) is 3.99. The van der Waals surface area contributed by atoms with E-state index in [0.717, 1.165) is 18.5 Å². The van der Waals surface area contributed by atoms with Crippen molar-refractivity contribution in [3.05, 3.63) is 25.1 Å². The summed E-state index contributed by atoms with van der Waals surface area (Å²) in [5, 5.41) is 6.17. The van der Waals surface area contributed by atoms with E-state index in [1.807, 2.05) is 7.05 Å². The highest BCUT2D eigenvalue weighted by Crippen LogP contribution is 2.02. The first-order valence-corrected chi connectivity index (χ1v) is 3.99. The Labute approximate surface area is 69.4 Å². The van der Waals surface area contributed by atoms with Crippen LogP contribution in [0.4, 0.5) is 0 Å². The lowest BCUT2D eigenvalue weighted by Gasteiger charge is -2.17. The summed E-state index contributed by atoms with van der Waals surface area (Å²) in [5.74, 6) is 0. The molecule has 0 fully saturated rings. The molecule has 0 heterocycles. The molecule has 0 aliphatic heterocycles. The van der Waals surface area contributed by atoms with Crippen LogP contribution < -0.4 is 10.6 Å². The fourth-order valence-corrected chi connectivity index (χ4v) is 1.01. The van der Waals surface area contributed by atoms with Crippen molar-refractivity contribution >= 4 is 0 Å². The third-order valence-electron chi connectivity index (χ3n) is 1.63. The molecule has 0 aromatic rings. The van der Waals surface area contributed by atoms with Gasteiger partial charge in [-0.2, -0.15) is 0 Å². The van der Waals surface area contributed by atoms with Crippen LogP contribution in [0.1, 0.15) is 19.8 Å². The lowest BCUT2D eigenvalue weighted by molar-refractivity contribution is 0.561. The molecule has 0 radical (unpaired) electrons. The molecule has 0 saturated heterocycles. The standard InChI is InChI=1S/C9H18N2/c1-5-7-9(10-4)8(3)11-6-2/h6,9-11H,2-3,5,7H2,1,4H3. The van der Waals surface area contributed by atoms with E-state index in [1.54, 1.807) is 6.20 Å². The molecule has 0 amide bonds. The van der Waals surface area contributed by atoms with Crippen LogP contribution in [0.15, 0.2) is 25.1 Å². The molecule has 11 heavy (non-hydrogen) atoms. The highest BCUT2D eigenvalue weighted by atomic mass is 15.0. The fourth-order valence-electron chi connectivity index (χ4n) is 1.01. The van der Waals surface area contributed by atoms with Crippen LogP contribution in [0, 0.1) is 0 Å². The van der Waals surface area contributed by atoms with Crippen molar-refractivity contribution in [2.75, 3.05) is 7.05 Å². The summed E-state index contributed by atoms with van der Waals surface area (Å²) in [6.07, 6.45) is 3.92. The van der Waals surface area contributed by atoms with E-state index < -0.39 is 0 Å². The molecule has 0 aromatic heterocycles. The van der Waals surface area contributed by atoms with Crippen LogP contribution in [-0.2, 0) is 0 Å². The molecule has 0 aromatic carbocycles. The van der Waals surface area contributed by atoms with Gasteiger partial charge < -0.3 is 10.6 Å². The Morgan fingerprint density at radius 1 is 1.64 bits per heavy atom. The summed E-state index contributed by atoms with van der Waals surface area (Å²) in [7, 11) is 1.94. The molecule has 1 unspecified atom stereocenters. The van der Waals surface area contributed by atoms with Crippen LogP contribution in [0.5, 0.6) is 0 Å². The van der Waals surface area contributed by atoms with Crippen molar-refractivity contribution < 1.29 is 0 Å². The molecule has 0 bridgehead atoms. The van der Waals surface area contributed by atoms with Gasteiger partial charge >= 0.3 is 0 Å². The van der Waals surface area contributed by atoms with Crippen LogP contribution in [0.25, 0.3) is 0 Å². The van der Waals surface area contributed by atoms with Gasteiger partial charge in [-0.05, 0) is 19.7 Å². The van der Waals surface area contributed by atoms with Gasteiger partial charge in [0, 0.05) is 11.7 Å². The second-order valence-electron chi connectivity index (χ2n) is 2.50. The number of nitrogens with one attached hydrogen (secondary N) is 2. The maximum Gasteiger partial charge on any atom is 0.0464 e. The molecule has 0 rings (SSSR count). The number of hydrogen-bond acceptors (Lipinski definition) is 2. The maximum absolute atomic E-state index is 3.89. The monoisotopic (exact) mass is 154 g/mol. The van der Waals surface area contributed by atoms with Gasteiger partial charge in [0.15, 0.2) is 0 Å². The van der Waals surface area contributed by atoms with Gasteiger partial charge in [0.2, 0.25) is 0 Å². The third kappa shape index (κ3) is 3.83. The Morgan fingerprint density at radius 3 is 2.64 bits per heavy atom. The SMILES string of the molecule is C=CNC(=C)C(CCC)NC. The Bertz CT molecular complexity index is 130. The molecule has 2 nitrogen and oxygen atoms in total. The number of likely N-dealkylation sites (N-methyl/N-ethyl adjacent to an activating group) is 1. The molecular formula is C9H18N2. The second kappa shape index (κ2) is 5.98. The van der Waals surface area contributed by atoms with Crippen LogP contribution in [0.2, 0.25) is 0 Å². The average Bonchev–Trinajstić information content (AvgIpc) is 2.00. The summed E-state index contributed by atoms with van der Waals surface area (Å²) in [4.78, 5) is 0. The van der Waals surface area contributed by atoms with Crippen molar-refractivity contribution in [1.29, 1.82) is 0 Å². The van der Waals surface area contributed by atoms with E-state index in [-0.39, 0.29) is 0 Å². The zero-order chi connectivity index (χ0) is 8.69. The summed E-state index contributed by atoms with van der Waals surface area (Å²) in [6, 6.07) is 0.359. The molecule has 0 spiro atoms. The quantitative estimate of drug-likeness (QED) is 0.607. The minimum atomic E-state index is 0.359. The summed E-state index contributed by atoms with van der Waals surface area (Å²) < 4.78 is 0. The lowest BCUT2D eigenvalue weighted by Crippen LogP contribution is -2.31. The first-order chi connectivity index (χ1) is 5.26. The van der Waals surface area contributed by atoms with E-state index in [4.69, 9.17) is 0 Å². The van der Waals surface area contributed by atoms with Crippen molar-refractivity contribution in [2.24, 2.45) is 0 Å². The minimum Gasteiger partial charge on any atom is -0.365 e. The smallest absolute Gasteiger partial charge is 0.0464 e. The molecule has 0 saturated carbocycles. The maximum atomic E-state index is 3.89. The summed E-state index contributed by atoms with van der Waals surface area (Å²) in [6.45, 7) is 9.63. The van der Waals surface area contributed by atoms with Crippen LogP contribution in [-0.4, -0.2) is 13.1 Å². The van der Waals surface area contributed by atoms with Crippen LogP contribution >= 0.6 is 0 Å². The Balaban J connectivity index is 3.80. The molecule has 0 aliphatic carbocycles. The Morgan fingerprint density at radius 2 is 2.27 bits per heavy atom. The van der Waals surface area contributed by atoms with E-state index in [0.29, 0.717) is 6.04 Å². The van der Waals surface area contributed by atoms with Gasteiger partial charge in [0.1, 0.15) is 0 Å². The zero-order valence-corrected chi connectivity index (χ0v) is 7.48. The van der Waals surface area contributed by atoms with Crippen molar-refractivity contribution in [2.45, 2.75) is 25.8 Å². The van der Waals surface area contributed by atoms with Gasteiger partial charge in [-0.1, -0.05) is 26.5 Å². The number of hydrogen-bond donors (Lipinski definition) is 2. The molecular weight excluding hydrogens is 136 g/mol. The topological polar surface area (TPSA) is 24.1 Å². The minimum absolute atomic E-state index is 0.359. The zero-order valence-electron chi connectivity index (χ0n) is 7.48. The molecule has 1 atom stereocenters. The van der Waals surface area contributed by atoms with E-state index >= 15 is 0 Å². The predicted octanol–water partition coefficient (Wildman–Crippen LogP) is 1.62. The highest BCUT2D eigenvalue weighted by molar-refractivity contribution is 5.04. The molecule has 64 valence electrons. The molecule has 2 N–H and O–H groups in total. The Hall–Kier alpha value is -0.760. The van der Waals surface area contributed by atoms with Gasteiger partial charge in [-0.25, -0.2) is 0 Å². The van der Waals surface area contributed by atoms with Gasteiger partial charge in [-0.3, -0.25) is 0 Å². The van der Waals surface area contributed by atoms with Crippen molar-refractivity contribution in [3.63, 3.8) is 0 Å². The molecule has 0 aliphatic rings. The fraction of sp³-hybridized carbons (Fsp3) is 0.556. The van der Waals surface area contributed by atoms with Crippen molar-refractivity contribution in [1.82, 2.24) is 10.6 Å². The highest BCUT2D eigenvalue weighted by Gasteiger charge is 2.06. The van der Waals surface area contributed by atoms with Gasteiger partial charge in [0.25, 0.3) is 0 Å². The number of rotatable bonds is 6. The van der Waals surface area contributed by atoms with Gasteiger partial charge in [0.05, 0.1) is 0 Å². The lowest BCUT2D eigenvalue weighted by atomic mass is 10.1. The third-order valence-corrected chi connectivity index (χ3v) is 1.63. The van der Waals surface area contributed by atoms with E-state index in [9.17, 15) is 0 Å². The molecule has 2 heteroatoms. The largest absolute Gasteiger partial charge is 0.365 e. The predicted molar refractivity (Wildman–Crippen MR) is 50.2 cm³/mol. The Kier molecular flexibility index (Phi) is 5.57. The van der Waals surface area contributed by atoms with Crippen LogP contribution in [0.3, 0.4) is 0 Å². The normalized spacial score (nSPS) is 12.2. The first kappa shape index (κ1) is 10.2. The summed E-state index contributed by atoms with van der Waals surface area (Å²) in [5.41, 5.74) is 0.990. The summed E-state index contributed by atoms with van der Waals surface area (Å²) >= 11 is 0. The van der Waals surface area contributed by atoms with Gasteiger partial charge in [-0.15, -0.1) is 0 Å². The van der Waals surface area contributed by atoms with E-state index in [2.05, 4.69) is 30.7 Å². The van der Waals surface area contributed by atoms with Crippen molar-refractivity contribution in [3.8, 4) is 0 Å². The second-order valence-corrected chi connectivity index (χ2v) is 2.50. The average molecular weight is 154 g/mol. The van der Waals surface area contributed by atoms with E-state index in [1.165, 1.54) is 0 Å².